The molecule has 1 heterocycles. The Hall–Kier alpha value is -2.64. The van der Waals surface area contributed by atoms with Crippen molar-refractivity contribution in [3.05, 3.63) is 81.7 Å². The first-order valence-electron chi connectivity index (χ1n) is 8.40. The van der Waals surface area contributed by atoms with Crippen LogP contribution in [0.4, 0.5) is 5.69 Å². The van der Waals surface area contributed by atoms with E-state index in [1.165, 1.54) is 23.9 Å². The second-order valence-corrected chi connectivity index (χ2v) is 7.91. The molecule has 0 spiro atoms. The number of nitrogens with zero attached hydrogens (tertiary/aromatic N) is 2. The number of halogens is 1. The molecule has 1 amide bonds. The number of hydrogen-bond acceptors (Lipinski definition) is 4. The number of hydrogen-bond donors (Lipinski definition) is 1. The summed E-state index contributed by atoms with van der Waals surface area (Å²) in [5.41, 5.74) is 2.44. The van der Waals surface area contributed by atoms with E-state index in [-0.39, 0.29) is 11.5 Å². The summed E-state index contributed by atoms with van der Waals surface area (Å²) >= 11 is 4.70. The maximum atomic E-state index is 13.0. The van der Waals surface area contributed by atoms with Gasteiger partial charge in [-0.25, -0.2) is 9.79 Å². The lowest BCUT2D eigenvalue weighted by Crippen LogP contribution is -2.29. The van der Waals surface area contributed by atoms with Gasteiger partial charge in [0.05, 0.1) is 16.2 Å². The Morgan fingerprint density at radius 1 is 1.25 bits per heavy atom. The van der Waals surface area contributed by atoms with Crippen LogP contribution in [0.25, 0.3) is 5.57 Å². The van der Waals surface area contributed by atoms with Crippen molar-refractivity contribution in [2.24, 2.45) is 4.99 Å². The zero-order chi connectivity index (χ0) is 20.3. The average molecular weight is 457 g/mol. The highest BCUT2D eigenvalue weighted by atomic mass is 79.9. The van der Waals surface area contributed by atoms with Crippen LogP contribution in [0.2, 0.25) is 0 Å². The molecule has 0 saturated carbocycles. The second kappa shape index (κ2) is 8.58. The van der Waals surface area contributed by atoms with Crippen LogP contribution in [0.5, 0.6) is 0 Å². The van der Waals surface area contributed by atoms with Gasteiger partial charge >= 0.3 is 5.97 Å². The number of thioether (sulfide) groups is 1. The number of amidine groups is 1. The van der Waals surface area contributed by atoms with E-state index in [1.807, 2.05) is 31.2 Å². The fourth-order valence-electron chi connectivity index (χ4n) is 2.66. The molecule has 1 fully saturated rings. The number of aliphatic imine (C=N–C) groups is 1. The predicted octanol–water partition coefficient (Wildman–Crippen LogP) is 5.33. The third kappa shape index (κ3) is 4.26. The Kier molecular flexibility index (Phi) is 6.16. The van der Waals surface area contributed by atoms with E-state index in [2.05, 4.69) is 27.5 Å². The zero-order valence-corrected chi connectivity index (χ0v) is 17.5. The van der Waals surface area contributed by atoms with Crippen molar-refractivity contribution < 1.29 is 14.7 Å². The third-order valence-electron chi connectivity index (χ3n) is 4.11. The molecule has 0 unspecified atom stereocenters. The maximum absolute atomic E-state index is 13.0. The van der Waals surface area contributed by atoms with Crippen LogP contribution in [0.1, 0.15) is 22.8 Å². The molecule has 7 heteroatoms. The molecule has 1 aliphatic heterocycles. The van der Waals surface area contributed by atoms with Gasteiger partial charge in [0.15, 0.2) is 5.17 Å². The van der Waals surface area contributed by atoms with E-state index in [9.17, 15) is 9.59 Å². The number of benzene rings is 2. The topological polar surface area (TPSA) is 70.0 Å². The first-order valence-corrected chi connectivity index (χ1v) is 10.0. The number of amides is 1. The Labute approximate surface area is 175 Å². The lowest BCUT2D eigenvalue weighted by Gasteiger charge is -2.12. The number of aromatic carboxylic acids is 1. The molecular formula is C21H17BrN2O3S. The molecule has 1 saturated heterocycles. The first-order chi connectivity index (χ1) is 13.4. The maximum Gasteiger partial charge on any atom is 0.335 e. The Morgan fingerprint density at radius 2 is 1.96 bits per heavy atom. The van der Waals surface area contributed by atoms with Crippen LogP contribution in [-0.2, 0) is 4.79 Å². The molecule has 1 N–H and O–H groups in total. The summed E-state index contributed by atoms with van der Waals surface area (Å²) in [4.78, 5) is 30.8. The predicted molar refractivity (Wildman–Crippen MR) is 117 cm³/mol. The fourth-order valence-corrected chi connectivity index (χ4v) is 3.99. The number of carbonyl (C=O) groups is 2. The molecular weight excluding hydrogens is 440 g/mol. The van der Waals surface area contributed by atoms with Crippen molar-refractivity contribution >= 4 is 56.0 Å². The van der Waals surface area contributed by atoms with E-state index >= 15 is 0 Å². The minimum atomic E-state index is -1.02. The van der Waals surface area contributed by atoms with Crippen LogP contribution in [0, 0.1) is 0 Å². The Morgan fingerprint density at radius 3 is 2.61 bits per heavy atom. The van der Waals surface area contributed by atoms with Crippen LogP contribution in [0.3, 0.4) is 0 Å². The minimum Gasteiger partial charge on any atom is -0.478 e. The number of rotatable bonds is 5. The quantitative estimate of drug-likeness (QED) is 0.487. The van der Waals surface area contributed by atoms with Crippen LogP contribution in [0.15, 0.2) is 75.6 Å². The molecule has 0 radical (unpaired) electrons. The first kappa shape index (κ1) is 20.1. The molecule has 0 aromatic heterocycles. The summed E-state index contributed by atoms with van der Waals surface area (Å²) in [5, 5.41) is 9.67. The van der Waals surface area contributed by atoms with Gasteiger partial charge < -0.3 is 5.11 Å². The SMILES string of the molecule is C=CCN1C(=O)/C(=C(\C)c2ccc(Br)cc2)SC1=Nc1cccc(C(=O)O)c1. The van der Waals surface area contributed by atoms with Crippen molar-refractivity contribution in [2.45, 2.75) is 6.92 Å². The van der Waals surface area contributed by atoms with E-state index in [4.69, 9.17) is 5.11 Å². The summed E-state index contributed by atoms with van der Waals surface area (Å²) in [5.74, 6) is -1.16. The van der Waals surface area contributed by atoms with Crippen molar-refractivity contribution in [1.82, 2.24) is 4.90 Å². The van der Waals surface area contributed by atoms with Gasteiger partial charge in [-0.05, 0) is 60.2 Å². The normalized spacial score (nSPS) is 17.1. The van der Waals surface area contributed by atoms with Crippen LogP contribution in [-0.4, -0.2) is 33.6 Å². The van der Waals surface area contributed by atoms with Crippen LogP contribution < -0.4 is 0 Å². The summed E-state index contributed by atoms with van der Waals surface area (Å²) in [7, 11) is 0. The average Bonchev–Trinajstić information content (AvgIpc) is 2.98. The van der Waals surface area contributed by atoms with Gasteiger partial charge in [0.2, 0.25) is 0 Å². The molecule has 0 bridgehead atoms. The molecule has 2 aromatic rings. The van der Waals surface area contributed by atoms with E-state index in [1.54, 1.807) is 23.1 Å². The molecule has 1 aliphatic rings. The van der Waals surface area contributed by atoms with E-state index in [0.717, 1.165) is 15.6 Å². The van der Waals surface area contributed by atoms with Gasteiger partial charge in [0.1, 0.15) is 0 Å². The number of carbonyl (C=O) groups excluding carboxylic acids is 1. The standard InChI is InChI=1S/C21H17BrN2O3S/c1-3-11-24-19(25)18(13(2)14-7-9-16(22)10-8-14)28-21(24)23-17-6-4-5-15(12-17)20(26)27/h3-10,12H,1,11H2,2H3,(H,26,27)/b18-13-,23-21?. The lowest BCUT2D eigenvalue weighted by molar-refractivity contribution is -0.121. The molecule has 142 valence electrons. The Balaban J connectivity index is 2.02. The van der Waals surface area contributed by atoms with E-state index in [0.29, 0.717) is 22.3 Å². The minimum absolute atomic E-state index is 0.140. The van der Waals surface area contributed by atoms with Gasteiger partial charge in [-0.15, -0.1) is 6.58 Å². The van der Waals surface area contributed by atoms with Gasteiger partial charge in [-0.2, -0.15) is 0 Å². The molecule has 28 heavy (non-hydrogen) atoms. The van der Waals surface area contributed by atoms with Gasteiger partial charge in [0.25, 0.3) is 5.91 Å². The molecule has 0 atom stereocenters. The molecule has 2 aromatic carbocycles. The molecule has 0 aliphatic carbocycles. The van der Waals surface area contributed by atoms with Gasteiger partial charge in [-0.1, -0.05) is 40.2 Å². The number of carboxylic acids is 1. The smallest absolute Gasteiger partial charge is 0.335 e. The number of carboxylic acid groups (broad SMARTS) is 1. The summed E-state index contributed by atoms with van der Waals surface area (Å²) in [6, 6.07) is 14.1. The summed E-state index contributed by atoms with van der Waals surface area (Å²) in [6.07, 6.45) is 1.64. The summed E-state index contributed by atoms with van der Waals surface area (Å²) in [6.45, 7) is 5.94. The second-order valence-electron chi connectivity index (χ2n) is 6.02. The summed E-state index contributed by atoms with van der Waals surface area (Å²) < 4.78 is 0.966. The van der Waals surface area contributed by atoms with E-state index < -0.39 is 5.97 Å². The fraction of sp³-hybridized carbons (Fsp3) is 0.0952. The van der Waals surface area contributed by atoms with Crippen molar-refractivity contribution in [3.63, 3.8) is 0 Å². The van der Waals surface area contributed by atoms with Crippen molar-refractivity contribution in [1.29, 1.82) is 0 Å². The largest absolute Gasteiger partial charge is 0.478 e. The van der Waals surface area contributed by atoms with Crippen LogP contribution >= 0.6 is 27.7 Å². The van der Waals surface area contributed by atoms with Crippen molar-refractivity contribution in [2.75, 3.05) is 6.54 Å². The highest BCUT2D eigenvalue weighted by molar-refractivity contribution is 9.10. The lowest BCUT2D eigenvalue weighted by atomic mass is 10.1. The highest BCUT2D eigenvalue weighted by Gasteiger charge is 2.34. The molecule has 5 nitrogen and oxygen atoms in total. The van der Waals surface area contributed by atoms with Gasteiger partial charge in [0, 0.05) is 11.0 Å². The monoisotopic (exact) mass is 456 g/mol. The highest BCUT2D eigenvalue weighted by Crippen LogP contribution is 2.37. The zero-order valence-electron chi connectivity index (χ0n) is 15.1. The van der Waals surface area contributed by atoms with Crippen molar-refractivity contribution in [3.8, 4) is 0 Å². The van der Waals surface area contributed by atoms with Gasteiger partial charge in [-0.3, -0.25) is 9.69 Å². The Bertz CT molecular complexity index is 1010. The molecule has 3 rings (SSSR count). The number of allylic oxidation sites excluding steroid dienone is 1. The third-order valence-corrected chi connectivity index (χ3v) is 5.82.